The number of carbonyl (C=O) groups is 1. The van der Waals surface area contributed by atoms with E-state index in [1.165, 1.54) is 12.1 Å². The largest absolute Gasteiger partial charge is 0.497 e. The molecule has 0 radical (unpaired) electrons. The summed E-state index contributed by atoms with van der Waals surface area (Å²) in [6.07, 6.45) is 0. The Hall–Kier alpha value is -3.52. The number of hydrogen-bond donors (Lipinski definition) is 1. The van der Waals surface area contributed by atoms with Crippen molar-refractivity contribution in [2.45, 2.75) is 4.90 Å². The van der Waals surface area contributed by atoms with Gasteiger partial charge in [-0.25, -0.2) is 8.42 Å². The summed E-state index contributed by atoms with van der Waals surface area (Å²) in [5, 5.41) is 0. The van der Waals surface area contributed by atoms with Crippen molar-refractivity contribution >= 4 is 27.3 Å². The summed E-state index contributed by atoms with van der Waals surface area (Å²) in [6, 6.07) is 22.8. The molecule has 0 bridgehead atoms. The van der Waals surface area contributed by atoms with Crippen LogP contribution in [0.5, 0.6) is 5.75 Å². The van der Waals surface area contributed by atoms with E-state index in [-0.39, 0.29) is 10.8 Å². The van der Waals surface area contributed by atoms with Crippen molar-refractivity contribution in [3.8, 4) is 5.75 Å². The topological polar surface area (TPSA) is 78.9 Å². The van der Waals surface area contributed by atoms with Gasteiger partial charge in [0, 0.05) is 43.1 Å². The Morgan fingerprint density at radius 3 is 2.22 bits per heavy atom. The molecule has 1 saturated heterocycles. The number of hydrogen-bond acceptors (Lipinski definition) is 5. The predicted octanol–water partition coefficient (Wildman–Crippen LogP) is 3.46. The smallest absolute Gasteiger partial charge is 0.261 e. The Morgan fingerprint density at radius 1 is 0.875 bits per heavy atom. The number of amides is 1. The fourth-order valence-corrected chi connectivity index (χ4v) is 4.76. The van der Waals surface area contributed by atoms with Gasteiger partial charge in [0.25, 0.3) is 15.9 Å². The number of nitrogens with one attached hydrogen (secondary N) is 1. The normalized spacial score (nSPS) is 14.2. The highest BCUT2D eigenvalue weighted by atomic mass is 32.2. The van der Waals surface area contributed by atoms with Gasteiger partial charge in [0.1, 0.15) is 5.75 Å². The quantitative estimate of drug-likeness (QED) is 0.621. The molecular formula is C24H25N3O4S. The van der Waals surface area contributed by atoms with E-state index in [1.807, 2.05) is 18.2 Å². The molecule has 1 amide bonds. The maximum absolute atomic E-state index is 13.0. The molecule has 1 aliphatic heterocycles. The summed E-state index contributed by atoms with van der Waals surface area (Å²) in [7, 11) is -2.29. The average molecular weight is 452 g/mol. The van der Waals surface area contributed by atoms with Gasteiger partial charge in [0.15, 0.2) is 0 Å². The number of para-hydroxylation sites is 1. The van der Waals surface area contributed by atoms with Crippen molar-refractivity contribution < 1.29 is 17.9 Å². The SMILES string of the molecule is COc1ccc(NS(=O)(=O)c2cccc(C(=O)N3CCN(c4ccccc4)CC3)c2)cc1. The highest BCUT2D eigenvalue weighted by Crippen LogP contribution is 2.21. The number of anilines is 2. The lowest BCUT2D eigenvalue weighted by atomic mass is 10.1. The second kappa shape index (κ2) is 9.32. The fraction of sp³-hybridized carbons (Fsp3) is 0.208. The van der Waals surface area contributed by atoms with E-state index in [4.69, 9.17) is 4.74 Å². The van der Waals surface area contributed by atoms with E-state index in [2.05, 4.69) is 21.8 Å². The Kier molecular flexibility index (Phi) is 6.32. The number of rotatable bonds is 6. The first kappa shape index (κ1) is 21.7. The molecule has 0 aliphatic carbocycles. The Morgan fingerprint density at radius 2 is 1.56 bits per heavy atom. The molecule has 32 heavy (non-hydrogen) atoms. The monoisotopic (exact) mass is 451 g/mol. The lowest BCUT2D eigenvalue weighted by molar-refractivity contribution is 0.0746. The number of benzene rings is 3. The van der Waals surface area contributed by atoms with Gasteiger partial charge in [-0.15, -0.1) is 0 Å². The minimum atomic E-state index is -3.83. The van der Waals surface area contributed by atoms with Gasteiger partial charge >= 0.3 is 0 Å². The Bertz CT molecular complexity index is 1170. The minimum absolute atomic E-state index is 0.0436. The predicted molar refractivity (Wildman–Crippen MR) is 125 cm³/mol. The molecule has 4 rings (SSSR count). The number of piperazine rings is 1. The van der Waals surface area contributed by atoms with Crippen LogP contribution < -0.4 is 14.4 Å². The maximum atomic E-state index is 13.0. The molecule has 7 nitrogen and oxygen atoms in total. The van der Waals surface area contributed by atoms with Crippen molar-refractivity contribution in [2.75, 3.05) is 42.9 Å². The van der Waals surface area contributed by atoms with Crippen LogP contribution in [0.25, 0.3) is 0 Å². The molecule has 3 aromatic carbocycles. The molecule has 0 atom stereocenters. The fourth-order valence-electron chi connectivity index (χ4n) is 3.66. The average Bonchev–Trinajstić information content (AvgIpc) is 2.84. The summed E-state index contributed by atoms with van der Waals surface area (Å²) in [4.78, 5) is 17.1. The third kappa shape index (κ3) is 4.86. The van der Waals surface area contributed by atoms with Crippen LogP contribution >= 0.6 is 0 Å². The lowest BCUT2D eigenvalue weighted by Crippen LogP contribution is -2.48. The van der Waals surface area contributed by atoms with Gasteiger partial charge in [-0.2, -0.15) is 0 Å². The van der Waals surface area contributed by atoms with Gasteiger partial charge in [-0.3, -0.25) is 9.52 Å². The highest BCUT2D eigenvalue weighted by molar-refractivity contribution is 7.92. The number of methoxy groups -OCH3 is 1. The van der Waals surface area contributed by atoms with Crippen LogP contribution in [-0.2, 0) is 10.0 Å². The number of carbonyl (C=O) groups excluding carboxylic acids is 1. The van der Waals surface area contributed by atoms with Crippen molar-refractivity contribution in [1.82, 2.24) is 4.90 Å². The molecule has 1 fully saturated rings. The van der Waals surface area contributed by atoms with Crippen molar-refractivity contribution in [3.63, 3.8) is 0 Å². The van der Waals surface area contributed by atoms with Crippen LogP contribution in [0, 0.1) is 0 Å². The summed E-state index contributed by atoms with van der Waals surface area (Å²) in [5.74, 6) is 0.465. The molecule has 166 valence electrons. The van der Waals surface area contributed by atoms with Crippen LogP contribution in [0.1, 0.15) is 10.4 Å². The molecule has 0 spiro atoms. The third-order valence-corrected chi connectivity index (χ3v) is 6.80. The molecule has 8 heteroatoms. The van der Waals surface area contributed by atoms with Crippen molar-refractivity contribution in [1.29, 1.82) is 0 Å². The first-order valence-corrected chi connectivity index (χ1v) is 11.8. The van der Waals surface area contributed by atoms with Crippen LogP contribution in [0.15, 0.2) is 83.8 Å². The number of sulfonamides is 1. The van der Waals surface area contributed by atoms with Gasteiger partial charge < -0.3 is 14.5 Å². The standard InChI is InChI=1S/C24H25N3O4S/c1-31-22-12-10-20(11-13-22)25-32(29,30)23-9-5-6-19(18-23)24(28)27-16-14-26(15-17-27)21-7-3-2-4-8-21/h2-13,18,25H,14-17H2,1H3. The Balaban J connectivity index is 1.44. The molecule has 1 heterocycles. The van der Waals surface area contributed by atoms with Gasteiger partial charge in [-0.05, 0) is 54.6 Å². The molecule has 0 aromatic heterocycles. The zero-order valence-corrected chi connectivity index (χ0v) is 18.6. The molecular weight excluding hydrogens is 426 g/mol. The molecule has 0 saturated carbocycles. The first-order valence-electron chi connectivity index (χ1n) is 10.3. The number of nitrogens with zero attached hydrogens (tertiary/aromatic N) is 2. The number of ether oxygens (including phenoxy) is 1. The second-order valence-corrected chi connectivity index (χ2v) is 9.16. The Labute approximate surface area is 188 Å². The molecule has 1 N–H and O–H groups in total. The van der Waals surface area contributed by atoms with Crippen molar-refractivity contribution in [2.24, 2.45) is 0 Å². The lowest BCUT2D eigenvalue weighted by Gasteiger charge is -2.36. The van der Waals surface area contributed by atoms with Gasteiger partial charge in [0.05, 0.1) is 12.0 Å². The third-order valence-electron chi connectivity index (χ3n) is 5.42. The van der Waals surface area contributed by atoms with Crippen LogP contribution in [0.4, 0.5) is 11.4 Å². The van der Waals surface area contributed by atoms with Gasteiger partial charge in [-0.1, -0.05) is 24.3 Å². The van der Waals surface area contributed by atoms with E-state index in [9.17, 15) is 13.2 Å². The van der Waals surface area contributed by atoms with E-state index in [0.717, 1.165) is 18.8 Å². The van der Waals surface area contributed by atoms with E-state index >= 15 is 0 Å². The minimum Gasteiger partial charge on any atom is -0.497 e. The van der Waals surface area contributed by atoms with Gasteiger partial charge in [0.2, 0.25) is 0 Å². The van der Waals surface area contributed by atoms with E-state index in [0.29, 0.717) is 30.1 Å². The zero-order valence-electron chi connectivity index (χ0n) is 17.8. The first-order chi connectivity index (χ1) is 15.5. The van der Waals surface area contributed by atoms with E-state index < -0.39 is 10.0 Å². The molecule has 1 aliphatic rings. The zero-order chi connectivity index (χ0) is 22.6. The molecule has 3 aromatic rings. The second-order valence-electron chi connectivity index (χ2n) is 7.48. The summed E-state index contributed by atoms with van der Waals surface area (Å²) >= 11 is 0. The highest BCUT2D eigenvalue weighted by Gasteiger charge is 2.24. The van der Waals surface area contributed by atoms with Crippen LogP contribution in [0.2, 0.25) is 0 Å². The van der Waals surface area contributed by atoms with Crippen LogP contribution in [0.3, 0.4) is 0 Å². The summed E-state index contributed by atoms with van der Waals surface area (Å²) in [6.45, 7) is 2.61. The maximum Gasteiger partial charge on any atom is 0.261 e. The van der Waals surface area contributed by atoms with Crippen molar-refractivity contribution in [3.05, 3.63) is 84.4 Å². The summed E-state index contributed by atoms with van der Waals surface area (Å²) in [5.41, 5.74) is 1.91. The van der Waals surface area contributed by atoms with Crippen LogP contribution in [-0.4, -0.2) is 52.5 Å². The van der Waals surface area contributed by atoms with E-state index in [1.54, 1.807) is 48.4 Å². The summed E-state index contributed by atoms with van der Waals surface area (Å²) < 4.78 is 33.3. The molecule has 0 unspecified atom stereocenters.